The van der Waals surface area contributed by atoms with Gasteiger partial charge in [0.05, 0.1) is 24.2 Å². The largest absolute Gasteiger partial charge is 0.466 e. The molecular formula is C27H26F3NO3. The first-order valence-corrected chi connectivity index (χ1v) is 11.1. The summed E-state index contributed by atoms with van der Waals surface area (Å²) in [5.41, 5.74) is 2.92. The van der Waals surface area contributed by atoms with E-state index in [1.54, 1.807) is 19.1 Å². The Balaban J connectivity index is 1.73. The Morgan fingerprint density at radius 2 is 1.53 bits per heavy atom. The number of allylic oxidation sites excluding steroid dienone is 1. The number of carbonyl (C=O) groups excluding carboxylic acids is 2. The second-order valence-electron chi connectivity index (χ2n) is 9.73. The van der Waals surface area contributed by atoms with E-state index >= 15 is 0 Å². The normalized spacial score (nSPS) is 22.2. The topological polar surface area (TPSA) is 55.7 Å². The van der Waals surface area contributed by atoms with Gasteiger partial charge in [-0.05, 0) is 47.6 Å². The molecule has 1 heterocycles. The summed E-state index contributed by atoms with van der Waals surface area (Å²) in [5.74, 6) is -1.54. The number of nitrogens with zero attached hydrogens (tertiary/aromatic N) is 1. The van der Waals surface area contributed by atoms with E-state index in [2.05, 4.69) is 4.99 Å². The van der Waals surface area contributed by atoms with Gasteiger partial charge < -0.3 is 4.74 Å². The van der Waals surface area contributed by atoms with Crippen molar-refractivity contribution in [1.29, 1.82) is 0 Å². The molecule has 2 aliphatic rings. The lowest BCUT2D eigenvalue weighted by atomic mass is 9.63. The van der Waals surface area contributed by atoms with Gasteiger partial charge in [0, 0.05) is 23.7 Å². The quantitative estimate of drug-likeness (QED) is 0.492. The molecule has 1 fully saturated rings. The number of carbonyl (C=O) groups is 2. The Kier molecular flexibility index (Phi) is 6.00. The molecular weight excluding hydrogens is 443 g/mol. The maximum absolute atomic E-state index is 13.2. The minimum atomic E-state index is -4.39. The summed E-state index contributed by atoms with van der Waals surface area (Å²) in [7, 11) is 1.30. The molecule has 2 unspecified atom stereocenters. The van der Waals surface area contributed by atoms with Crippen LogP contribution in [0.3, 0.4) is 0 Å². The van der Waals surface area contributed by atoms with E-state index in [1.165, 1.54) is 19.2 Å². The minimum absolute atomic E-state index is 0.0423. The molecule has 2 aromatic carbocycles. The average molecular weight is 470 g/mol. The molecule has 4 nitrogen and oxygen atoms in total. The van der Waals surface area contributed by atoms with Crippen molar-refractivity contribution in [2.45, 2.75) is 45.7 Å². The van der Waals surface area contributed by atoms with Gasteiger partial charge in [-0.2, -0.15) is 13.2 Å². The lowest BCUT2D eigenvalue weighted by molar-refractivity contribution is -0.138. The zero-order chi connectivity index (χ0) is 24.8. The zero-order valence-electron chi connectivity index (χ0n) is 19.5. The second kappa shape index (κ2) is 8.53. The average Bonchev–Trinajstić information content (AvgIpc) is 2.76. The van der Waals surface area contributed by atoms with Crippen LogP contribution in [-0.2, 0) is 20.5 Å². The number of esters is 1. The van der Waals surface area contributed by atoms with E-state index in [1.807, 2.05) is 26.0 Å². The van der Waals surface area contributed by atoms with Gasteiger partial charge in [0.2, 0.25) is 0 Å². The van der Waals surface area contributed by atoms with Crippen LogP contribution >= 0.6 is 0 Å². The van der Waals surface area contributed by atoms with Gasteiger partial charge >= 0.3 is 12.1 Å². The predicted molar refractivity (Wildman–Crippen MR) is 123 cm³/mol. The maximum atomic E-state index is 13.2. The molecule has 0 saturated heterocycles. The van der Waals surface area contributed by atoms with Crippen LogP contribution in [0.2, 0.25) is 0 Å². The van der Waals surface area contributed by atoms with Crippen LogP contribution in [0.15, 0.2) is 64.8 Å². The van der Waals surface area contributed by atoms with Crippen LogP contribution in [0.4, 0.5) is 13.2 Å². The number of ether oxygens (including phenoxy) is 1. The first-order chi connectivity index (χ1) is 15.9. The summed E-state index contributed by atoms with van der Waals surface area (Å²) in [5, 5.41) is 0. The molecule has 0 aromatic heterocycles. The molecule has 0 spiro atoms. The highest BCUT2D eigenvalue weighted by Gasteiger charge is 2.47. The molecule has 4 rings (SSSR count). The third-order valence-corrected chi connectivity index (χ3v) is 6.58. The van der Waals surface area contributed by atoms with Crippen molar-refractivity contribution >= 4 is 17.5 Å². The lowest BCUT2D eigenvalue weighted by Crippen LogP contribution is -2.44. The first kappa shape index (κ1) is 23.9. The monoisotopic (exact) mass is 469 g/mol. The van der Waals surface area contributed by atoms with E-state index < -0.39 is 29.5 Å². The van der Waals surface area contributed by atoms with Crippen molar-refractivity contribution in [3.63, 3.8) is 0 Å². The third-order valence-electron chi connectivity index (χ3n) is 6.58. The number of hydrogen-bond donors (Lipinski definition) is 0. The minimum Gasteiger partial charge on any atom is -0.466 e. The second-order valence-corrected chi connectivity index (χ2v) is 9.73. The third kappa shape index (κ3) is 4.43. The highest BCUT2D eigenvalue weighted by atomic mass is 19.4. The summed E-state index contributed by atoms with van der Waals surface area (Å²) in [6.07, 6.45) is -3.34. The summed E-state index contributed by atoms with van der Waals surface area (Å²) in [6.45, 7) is 5.82. The fraction of sp³-hybridized carbons (Fsp3) is 0.370. The molecule has 34 heavy (non-hydrogen) atoms. The number of alkyl halides is 3. The van der Waals surface area contributed by atoms with Crippen molar-refractivity contribution in [1.82, 2.24) is 0 Å². The number of rotatable bonds is 3. The molecule has 0 radical (unpaired) electrons. The number of fused-ring (bicyclic) bond motifs is 1. The predicted octanol–water partition coefficient (Wildman–Crippen LogP) is 6.36. The summed E-state index contributed by atoms with van der Waals surface area (Å²) in [6, 6.07) is 12.2. The van der Waals surface area contributed by atoms with Crippen LogP contribution in [0, 0.1) is 11.3 Å². The smallest absolute Gasteiger partial charge is 0.416 e. The number of ketones is 1. The molecule has 0 amide bonds. The van der Waals surface area contributed by atoms with Crippen molar-refractivity contribution in [3.05, 3.63) is 70.9 Å². The molecule has 1 aliphatic heterocycles. The van der Waals surface area contributed by atoms with Crippen molar-refractivity contribution in [3.8, 4) is 11.1 Å². The van der Waals surface area contributed by atoms with Crippen LogP contribution < -0.4 is 0 Å². The Labute approximate surface area is 196 Å². The number of halogens is 3. The van der Waals surface area contributed by atoms with Gasteiger partial charge in [0.25, 0.3) is 0 Å². The number of methoxy groups -OCH3 is 1. The van der Waals surface area contributed by atoms with E-state index in [0.717, 1.165) is 29.0 Å². The van der Waals surface area contributed by atoms with Crippen LogP contribution in [0.5, 0.6) is 0 Å². The fourth-order valence-corrected chi connectivity index (χ4v) is 5.06. The van der Waals surface area contributed by atoms with Gasteiger partial charge in [0.15, 0.2) is 0 Å². The van der Waals surface area contributed by atoms with E-state index in [9.17, 15) is 22.8 Å². The van der Waals surface area contributed by atoms with Gasteiger partial charge in [-0.15, -0.1) is 0 Å². The van der Waals surface area contributed by atoms with Gasteiger partial charge in [-0.25, -0.2) is 4.79 Å². The molecule has 1 saturated carbocycles. The van der Waals surface area contributed by atoms with Crippen molar-refractivity contribution < 1.29 is 27.5 Å². The summed E-state index contributed by atoms with van der Waals surface area (Å²) >= 11 is 0. The molecule has 0 bridgehead atoms. The fourth-order valence-electron chi connectivity index (χ4n) is 5.06. The Hall–Kier alpha value is -3.22. The first-order valence-electron chi connectivity index (χ1n) is 11.1. The SMILES string of the molecule is COC(=O)C1=C(C)N=C2CC(C)(C)CC(=O)C2C1c1ccc(-c2ccc(C(F)(F)F)cc2)cc1. The summed E-state index contributed by atoms with van der Waals surface area (Å²) in [4.78, 5) is 30.6. The standard InChI is InChI=1S/C27H26F3NO3/c1-15-22(25(33)34-4)23(24-20(31-15)13-26(2,3)14-21(24)32)18-7-5-16(6-8-18)17-9-11-19(12-10-17)27(28,29)30/h5-12,23-24H,13-14H2,1-4H3. The van der Waals surface area contributed by atoms with Crippen LogP contribution in [0.25, 0.3) is 11.1 Å². The van der Waals surface area contributed by atoms with E-state index in [0.29, 0.717) is 29.7 Å². The Bertz CT molecular complexity index is 1190. The lowest BCUT2D eigenvalue weighted by Gasteiger charge is -2.41. The molecule has 178 valence electrons. The zero-order valence-corrected chi connectivity index (χ0v) is 19.5. The van der Waals surface area contributed by atoms with Gasteiger partial charge in [-0.3, -0.25) is 9.79 Å². The number of benzene rings is 2. The molecule has 1 aliphatic carbocycles. The van der Waals surface area contributed by atoms with E-state index in [-0.39, 0.29) is 11.2 Å². The van der Waals surface area contributed by atoms with Gasteiger partial charge in [0.1, 0.15) is 5.78 Å². The number of hydrogen-bond acceptors (Lipinski definition) is 4. The molecule has 2 atom stereocenters. The van der Waals surface area contributed by atoms with Gasteiger partial charge in [-0.1, -0.05) is 50.2 Å². The van der Waals surface area contributed by atoms with E-state index in [4.69, 9.17) is 4.74 Å². The highest BCUT2D eigenvalue weighted by Crippen LogP contribution is 2.47. The highest BCUT2D eigenvalue weighted by molar-refractivity contribution is 6.12. The number of aliphatic imine (C=N–C) groups is 1. The maximum Gasteiger partial charge on any atom is 0.416 e. The van der Waals surface area contributed by atoms with Crippen LogP contribution in [0.1, 0.15) is 50.7 Å². The molecule has 0 N–H and O–H groups in total. The molecule has 7 heteroatoms. The Morgan fingerprint density at radius 3 is 2.06 bits per heavy atom. The Morgan fingerprint density at radius 1 is 0.971 bits per heavy atom. The number of Topliss-reactive ketones (excluding diaryl/α,β-unsaturated/α-hetero) is 1. The molecule has 2 aromatic rings. The van der Waals surface area contributed by atoms with Crippen molar-refractivity contribution in [2.24, 2.45) is 16.3 Å². The summed E-state index contributed by atoms with van der Waals surface area (Å²) < 4.78 is 43.7. The van der Waals surface area contributed by atoms with Crippen molar-refractivity contribution in [2.75, 3.05) is 7.11 Å². The van der Waals surface area contributed by atoms with Crippen LogP contribution in [-0.4, -0.2) is 24.6 Å².